The van der Waals surface area contributed by atoms with Gasteiger partial charge in [0, 0.05) is 45.5 Å². The zero-order valence-corrected chi connectivity index (χ0v) is 21.0. The number of carbonyl (C=O) groups excluding carboxylic acids is 1. The summed E-state index contributed by atoms with van der Waals surface area (Å²) in [5, 5.41) is 19.8. The van der Waals surface area contributed by atoms with Crippen molar-refractivity contribution < 1.29 is 19.4 Å². The molecule has 1 aliphatic heterocycles. The Kier molecular flexibility index (Phi) is 5.88. The number of fused-ring (bicyclic) bond motifs is 1. The number of ether oxygens (including phenoxy) is 1. The van der Waals surface area contributed by atoms with Crippen LogP contribution >= 0.6 is 11.3 Å². The number of carboxylic acids is 1. The molecule has 2 atom stereocenters. The lowest BCUT2D eigenvalue weighted by molar-refractivity contribution is -0.139. The Morgan fingerprint density at radius 2 is 1.89 bits per heavy atom. The van der Waals surface area contributed by atoms with Crippen LogP contribution in [-0.2, 0) is 9.59 Å². The Morgan fingerprint density at radius 1 is 1.11 bits per heavy atom. The van der Waals surface area contributed by atoms with Crippen molar-refractivity contribution in [1.82, 2.24) is 9.78 Å². The van der Waals surface area contributed by atoms with Gasteiger partial charge in [-0.3, -0.25) is 4.79 Å². The van der Waals surface area contributed by atoms with Crippen LogP contribution in [0.1, 0.15) is 46.4 Å². The van der Waals surface area contributed by atoms with E-state index in [2.05, 4.69) is 11.4 Å². The van der Waals surface area contributed by atoms with Crippen LogP contribution in [0.4, 0.5) is 5.82 Å². The second-order valence-electron chi connectivity index (χ2n) is 9.31. The first-order chi connectivity index (χ1) is 18.0. The highest BCUT2D eigenvalue weighted by Gasteiger charge is 2.42. The predicted molar refractivity (Wildman–Crippen MR) is 142 cm³/mol. The fourth-order valence-electron chi connectivity index (χ4n) is 5.46. The van der Waals surface area contributed by atoms with Crippen LogP contribution in [0, 0.1) is 6.92 Å². The van der Waals surface area contributed by atoms with Crippen molar-refractivity contribution in [2.24, 2.45) is 0 Å². The van der Waals surface area contributed by atoms with Gasteiger partial charge in [-0.25, -0.2) is 9.48 Å². The van der Waals surface area contributed by atoms with E-state index in [1.807, 2.05) is 71.6 Å². The van der Waals surface area contributed by atoms with E-state index in [4.69, 9.17) is 9.84 Å². The minimum absolute atomic E-state index is 0.0858. The number of aliphatic carboxylic acids is 1. The number of hydrogen-bond acceptors (Lipinski definition) is 6. The van der Waals surface area contributed by atoms with E-state index >= 15 is 0 Å². The van der Waals surface area contributed by atoms with Gasteiger partial charge in [0.1, 0.15) is 11.6 Å². The molecule has 2 aromatic carbocycles. The maximum Gasteiger partial charge on any atom is 0.341 e. The number of aryl methyl sites for hydroxylation is 1. The highest BCUT2D eigenvalue weighted by Crippen LogP contribution is 2.51. The van der Waals surface area contributed by atoms with Gasteiger partial charge in [0.15, 0.2) is 12.4 Å². The van der Waals surface area contributed by atoms with Crippen LogP contribution in [0.15, 0.2) is 83.4 Å². The zero-order chi connectivity index (χ0) is 25.5. The van der Waals surface area contributed by atoms with Crippen LogP contribution < -0.4 is 10.1 Å². The van der Waals surface area contributed by atoms with E-state index < -0.39 is 18.5 Å². The minimum Gasteiger partial charge on any atom is -0.482 e. The van der Waals surface area contributed by atoms with Gasteiger partial charge in [0.25, 0.3) is 0 Å². The molecule has 0 radical (unpaired) electrons. The number of benzene rings is 2. The first-order valence-electron chi connectivity index (χ1n) is 12.2. The summed E-state index contributed by atoms with van der Waals surface area (Å²) in [5.74, 6) is -0.0158. The summed E-state index contributed by atoms with van der Waals surface area (Å²) in [4.78, 5) is 26.3. The number of allylic oxidation sites excluding steroid dienone is 2. The number of thiophene rings is 1. The smallest absolute Gasteiger partial charge is 0.341 e. The lowest BCUT2D eigenvalue weighted by atomic mass is 9.73. The molecule has 7 nitrogen and oxygen atoms in total. The molecule has 0 saturated carbocycles. The zero-order valence-electron chi connectivity index (χ0n) is 20.2. The molecule has 0 spiro atoms. The maximum absolute atomic E-state index is 13.8. The van der Waals surface area contributed by atoms with Gasteiger partial charge in [-0.1, -0.05) is 42.5 Å². The van der Waals surface area contributed by atoms with Gasteiger partial charge in [-0.05, 0) is 43.0 Å². The third-order valence-electron chi connectivity index (χ3n) is 6.99. The van der Waals surface area contributed by atoms with Crippen molar-refractivity contribution in [1.29, 1.82) is 0 Å². The predicted octanol–water partition coefficient (Wildman–Crippen LogP) is 5.66. The number of rotatable bonds is 6. The van der Waals surface area contributed by atoms with Gasteiger partial charge >= 0.3 is 5.97 Å². The van der Waals surface area contributed by atoms with Crippen molar-refractivity contribution in [2.45, 2.75) is 31.6 Å². The Hall–Kier alpha value is -4.17. The number of hydrogen-bond donors (Lipinski definition) is 2. The number of Topliss-reactive ketones (excluding diaryl/α,β-unsaturated/α-hetero) is 1. The lowest BCUT2D eigenvalue weighted by Crippen LogP contribution is -2.30. The third kappa shape index (κ3) is 4.13. The fourth-order valence-corrected chi connectivity index (χ4v) is 6.29. The van der Waals surface area contributed by atoms with Crippen LogP contribution in [0.5, 0.6) is 5.75 Å². The fraction of sp³-hybridized carbons (Fsp3) is 0.207. The van der Waals surface area contributed by atoms with E-state index in [0.29, 0.717) is 24.2 Å². The minimum atomic E-state index is -1.05. The molecule has 2 aliphatic rings. The van der Waals surface area contributed by atoms with Gasteiger partial charge in [0.2, 0.25) is 0 Å². The molecule has 3 heterocycles. The quantitative estimate of drug-likeness (QED) is 0.347. The Balaban J connectivity index is 1.54. The van der Waals surface area contributed by atoms with E-state index in [1.165, 1.54) is 4.88 Å². The van der Waals surface area contributed by atoms with E-state index in [-0.39, 0.29) is 11.7 Å². The van der Waals surface area contributed by atoms with Crippen molar-refractivity contribution in [2.75, 3.05) is 11.9 Å². The van der Waals surface area contributed by atoms with Crippen LogP contribution in [-0.4, -0.2) is 33.2 Å². The molecule has 0 amide bonds. The second kappa shape index (κ2) is 9.37. The second-order valence-corrected chi connectivity index (χ2v) is 10.3. The molecule has 4 aromatic rings. The topological polar surface area (TPSA) is 93.5 Å². The maximum atomic E-state index is 13.8. The van der Waals surface area contributed by atoms with Crippen molar-refractivity contribution in [3.63, 3.8) is 0 Å². The number of carbonyl (C=O) groups is 2. The first-order valence-corrected chi connectivity index (χ1v) is 13.0. The van der Waals surface area contributed by atoms with Crippen molar-refractivity contribution in [3.8, 4) is 11.4 Å². The lowest BCUT2D eigenvalue weighted by Gasteiger charge is -2.36. The number of para-hydroxylation sites is 2. The average molecular weight is 512 g/mol. The molecular weight excluding hydrogens is 486 g/mol. The van der Waals surface area contributed by atoms with Gasteiger partial charge in [-0.15, -0.1) is 11.3 Å². The highest BCUT2D eigenvalue weighted by atomic mass is 32.1. The van der Waals surface area contributed by atoms with E-state index in [1.54, 1.807) is 17.4 Å². The molecule has 1 aliphatic carbocycles. The number of ketones is 1. The first kappa shape index (κ1) is 23.2. The molecule has 37 heavy (non-hydrogen) atoms. The molecule has 2 N–H and O–H groups in total. The summed E-state index contributed by atoms with van der Waals surface area (Å²) >= 11 is 1.67. The highest BCUT2D eigenvalue weighted by molar-refractivity contribution is 7.10. The van der Waals surface area contributed by atoms with Crippen LogP contribution in [0.3, 0.4) is 0 Å². The summed E-state index contributed by atoms with van der Waals surface area (Å²) in [6, 6.07) is 21.4. The summed E-state index contributed by atoms with van der Waals surface area (Å²) in [7, 11) is 0. The van der Waals surface area contributed by atoms with E-state index in [9.17, 15) is 14.7 Å². The summed E-state index contributed by atoms with van der Waals surface area (Å²) < 4.78 is 7.60. The molecular formula is C29H25N3O4S. The van der Waals surface area contributed by atoms with Crippen LogP contribution in [0.2, 0.25) is 0 Å². The molecule has 0 bridgehead atoms. The normalized spacial score (nSPS) is 18.7. The molecule has 2 aromatic heterocycles. The molecule has 0 saturated heterocycles. The number of anilines is 1. The number of nitrogens with one attached hydrogen (secondary N) is 1. The number of carboxylic acid groups (broad SMARTS) is 1. The molecule has 0 fully saturated rings. The Labute approximate surface area is 218 Å². The van der Waals surface area contributed by atoms with Crippen molar-refractivity contribution >= 4 is 28.9 Å². The monoisotopic (exact) mass is 511 g/mol. The Bertz CT molecular complexity index is 1520. The van der Waals surface area contributed by atoms with Crippen molar-refractivity contribution in [3.05, 3.63) is 105 Å². The van der Waals surface area contributed by atoms with E-state index in [0.717, 1.165) is 34.0 Å². The standard InChI is InChI=1S/C29H25N3O4S/c1-17-26-27(20-10-5-6-11-23(20)36-16-25(34)35)28-21(14-18(15-22(28)33)24-12-7-13-37-24)30-29(26)32(31-17)19-8-3-2-4-9-19/h2-13,18,27,30H,14-16H2,1H3,(H,34,35)/t18-,27-/m1/s1. The molecule has 8 heteroatoms. The summed E-state index contributed by atoms with van der Waals surface area (Å²) in [6.45, 7) is 1.48. The SMILES string of the molecule is Cc1nn(-c2ccccc2)c2c1[C@@H](c1ccccc1OCC(=O)O)C1=C(C[C@@H](c3cccs3)CC1=O)N2. The van der Waals surface area contributed by atoms with Gasteiger partial charge in [0.05, 0.1) is 11.4 Å². The Morgan fingerprint density at radius 3 is 2.65 bits per heavy atom. The third-order valence-corrected chi connectivity index (χ3v) is 8.02. The molecule has 0 unspecified atom stereocenters. The summed E-state index contributed by atoms with van der Waals surface area (Å²) in [5.41, 5.74) is 4.97. The van der Waals surface area contributed by atoms with Gasteiger partial charge < -0.3 is 15.2 Å². The largest absolute Gasteiger partial charge is 0.482 e. The van der Waals surface area contributed by atoms with Gasteiger partial charge in [-0.2, -0.15) is 5.10 Å². The molecule has 186 valence electrons. The molecule has 6 rings (SSSR count). The number of nitrogens with zero attached hydrogens (tertiary/aromatic N) is 2. The average Bonchev–Trinajstić information content (AvgIpc) is 3.56. The van der Waals surface area contributed by atoms with Crippen LogP contribution in [0.25, 0.3) is 5.69 Å². The summed E-state index contributed by atoms with van der Waals surface area (Å²) in [6.07, 6.45) is 1.13. The number of aromatic nitrogens is 2.